The lowest BCUT2D eigenvalue weighted by molar-refractivity contribution is -0.384. The quantitative estimate of drug-likeness (QED) is 0.287. The van der Waals surface area contributed by atoms with E-state index in [9.17, 15) is 14.9 Å². The van der Waals surface area contributed by atoms with Crippen LogP contribution in [0.2, 0.25) is 5.02 Å². The Hall–Kier alpha value is -3.36. The fraction of sp³-hybridized carbons (Fsp3) is 0.130. The lowest BCUT2D eigenvalue weighted by Crippen LogP contribution is -2.19. The van der Waals surface area contributed by atoms with Crippen molar-refractivity contribution in [3.63, 3.8) is 0 Å². The molecular formula is C23H18ClN3O4S. The molecule has 4 rings (SSSR count). The summed E-state index contributed by atoms with van der Waals surface area (Å²) in [4.78, 5) is 27.8. The highest BCUT2D eigenvalue weighted by Gasteiger charge is 2.24. The first kappa shape index (κ1) is 21.9. The Morgan fingerprint density at radius 2 is 1.91 bits per heavy atom. The number of halogens is 1. The van der Waals surface area contributed by atoms with Crippen molar-refractivity contribution in [3.05, 3.63) is 91.0 Å². The number of nitro groups is 1. The number of nitrogens with zero attached hydrogens (tertiary/aromatic N) is 2. The standard InChI is InChI=1S/C23H18ClN3O4S/c1-13-7-14(2)9-15(8-13)12-25-23-26-22(28)21(32-23)11-17-4-6-20(31-17)18-10-16(27(29)30)3-5-19(18)24/h3-11H,12H2,1-2H3,(H,25,26,28)/b21-11-. The number of benzene rings is 2. The van der Waals surface area contributed by atoms with Crippen LogP contribution in [-0.2, 0) is 11.3 Å². The van der Waals surface area contributed by atoms with Gasteiger partial charge in [-0.05, 0) is 49.4 Å². The molecule has 1 saturated heterocycles. The van der Waals surface area contributed by atoms with Crippen molar-refractivity contribution >= 4 is 46.2 Å². The number of aliphatic imine (C=N–C) groups is 1. The fourth-order valence-corrected chi connectivity index (χ4v) is 4.36. The first-order valence-electron chi connectivity index (χ1n) is 9.65. The van der Waals surface area contributed by atoms with Crippen molar-refractivity contribution in [2.24, 2.45) is 4.99 Å². The number of nitro benzene ring substituents is 1. The molecule has 0 spiro atoms. The number of non-ortho nitro benzene ring substituents is 1. The molecular weight excluding hydrogens is 450 g/mol. The van der Waals surface area contributed by atoms with E-state index < -0.39 is 4.92 Å². The summed E-state index contributed by atoms with van der Waals surface area (Å²) in [6.07, 6.45) is 1.61. The van der Waals surface area contributed by atoms with Gasteiger partial charge in [0.2, 0.25) is 0 Å². The molecule has 0 atom stereocenters. The van der Waals surface area contributed by atoms with E-state index in [1.807, 2.05) is 13.8 Å². The van der Waals surface area contributed by atoms with E-state index in [1.54, 1.807) is 18.2 Å². The molecule has 0 bridgehead atoms. The van der Waals surface area contributed by atoms with Gasteiger partial charge < -0.3 is 9.73 Å². The lowest BCUT2D eigenvalue weighted by Gasteiger charge is -2.02. The first-order chi connectivity index (χ1) is 15.3. The number of hydrogen-bond acceptors (Lipinski definition) is 6. The Morgan fingerprint density at radius 1 is 1.16 bits per heavy atom. The second-order valence-corrected chi connectivity index (χ2v) is 8.74. The van der Waals surface area contributed by atoms with Crippen molar-refractivity contribution in [2.45, 2.75) is 20.4 Å². The number of amides is 1. The predicted octanol–water partition coefficient (Wildman–Crippen LogP) is 5.89. The largest absolute Gasteiger partial charge is 0.457 e. The maximum atomic E-state index is 12.3. The summed E-state index contributed by atoms with van der Waals surface area (Å²) < 4.78 is 5.77. The van der Waals surface area contributed by atoms with Crippen LogP contribution in [0.4, 0.5) is 5.69 Å². The summed E-state index contributed by atoms with van der Waals surface area (Å²) in [5.41, 5.74) is 3.73. The van der Waals surface area contributed by atoms with Crippen LogP contribution in [0.3, 0.4) is 0 Å². The smallest absolute Gasteiger partial charge is 0.270 e. The number of thioether (sulfide) groups is 1. The number of nitrogens with one attached hydrogen (secondary N) is 1. The van der Waals surface area contributed by atoms with E-state index in [4.69, 9.17) is 16.0 Å². The zero-order chi connectivity index (χ0) is 22.8. The maximum absolute atomic E-state index is 12.3. The maximum Gasteiger partial charge on any atom is 0.270 e. The van der Waals surface area contributed by atoms with Crippen molar-refractivity contribution in [1.29, 1.82) is 0 Å². The van der Waals surface area contributed by atoms with Crippen LogP contribution >= 0.6 is 23.4 Å². The van der Waals surface area contributed by atoms with Gasteiger partial charge in [-0.1, -0.05) is 40.9 Å². The molecule has 0 radical (unpaired) electrons. The molecule has 1 aliphatic rings. The second-order valence-electron chi connectivity index (χ2n) is 7.31. The van der Waals surface area contributed by atoms with Crippen LogP contribution in [0.25, 0.3) is 17.4 Å². The third kappa shape index (κ3) is 4.92. The molecule has 7 nitrogen and oxygen atoms in total. The van der Waals surface area contributed by atoms with Gasteiger partial charge in [0, 0.05) is 23.8 Å². The molecule has 0 aliphatic carbocycles. The van der Waals surface area contributed by atoms with Crippen LogP contribution < -0.4 is 5.32 Å². The second kappa shape index (κ2) is 9.02. The van der Waals surface area contributed by atoms with E-state index >= 15 is 0 Å². The molecule has 32 heavy (non-hydrogen) atoms. The zero-order valence-electron chi connectivity index (χ0n) is 17.2. The van der Waals surface area contributed by atoms with Gasteiger partial charge in [0.15, 0.2) is 5.17 Å². The monoisotopic (exact) mass is 467 g/mol. The Bertz CT molecular complexity index is 1280. The molecule has 0 saturated carbocycles. The van der Waals surface area contributed by atoms with Crippen molar-refractivity contribution < 1.29 is 14.1 Å². The topological polar surface area (TPSA) is 97.7 Å². The molecule has 0 unspecified atom stereocenters. The number of carbonyl (C=O) groups excluding carboxylic acids is 1. The summed E-state index contributed by atoms with van der Waals surface area (Å²) >= 11 is 7.41. The Kier molecular flexibility index (Phi) is 6.16. The normalized spacial score (nSPS) is 16.0. The number of carbonyl (C=O) groups is 1. The van der Waals surface area contributed by atoms with Crippen molar-refractivity contribution in [3.8, 4) is 11.3 Å². The number of amidine groups is 1. The Morgan fingerprint density at radius 3 is 2.62 bits per heavy atom. The Balaban J connectivity index is 1.52. The van der Waals surface area contributed by atoms with Gasteiger partial charge in [-0.2, -0.15) is 0 Å². The van der Waals surface area contributed by atoms with Crippen molar-refractivity contribution in [2.75, 3.05) is 0 Å². The minimum absolute atomic E-state index is 0.0870. The molecule has 1 amide bonds. The molecule has 3 aromatic rings. The van der Waals surface area contributed by atoms with E-state index in [2.05, 4.69) is 28.5 Å². The van der Waals surface area contributed by atoms with E-state index in [1.165, 1.54) is 41.1 Å². The minimum Gasteiger partial charge on any atom is -0.457 e. The highest BCUT2D eigenvalue weighted by molar-refractivity contribution is 8.18. The third-order valence-electron chi connectivity index (χ3n) is 4.66. The molecule has 1 aromatic heterocycles. The minimum atomic E-state index is -0.496. The summed E-state index contributed by atoms with van der Waals surface area (Å²) in [6, 6.07) is 13.7. The van der Waals surface area contributed by atoms with Gasteiger partial charge in [-0.25, -0.2) is 0 Å². The Labute approximate surface area is 193 Å². The molecule has 1 N–H and O–H groups in total. The van der Waals surface area contributed by atoms with Gasteiger partial charge in [0.05, 0.1) is 21.4 Å². The first-order valence-corrected chi connectivity index (χ1v) is 10.8. The van der Waals surface area contributed by atoms with Crippen LogP contribution in [0.15, 0.2) is 62.8 Å². The highest BCUT2D eigenvalue weighted by Crippen LogP contribution is 2.34. The molecule has 162 valence electrons. The van der Waals surface area contributed by atoms with Gasteiger partial charge >= 0.3 is 0 Å². The average Bonchev–Trinajstić information content (AvgIpc) is 3.33. The van der Waals surface area contributed by atoms with Crippen molar-refractivity contribution in [1.82, 2.24) is 5.32 Å². The highest BCUT2D eigenvalue weighted by atomic mass is 35.5. The summed E-state index contributed by atoms with van der Waals surface area (Å²) in [5.74, 6) is 0.536. The molecule has 2 aromatic carbocycles. The molecule has 1 fully saturated rings. The van der Waals surface area contributed by atoms with Gasteiger partial charge in [-0.15, -0.1) is 0 Å². The zero-order valence-corrected chi connectivity index (χ0v) is 18.8. The molecule has 9 heteroatoms. The van der Waals surface area contributed by atoms with E-state index in [0.717, 1.165) is 5.56 Å². The molecule has 2 heterocycles. The number of aryl methyl sites for hydroxylation is 2. The average molecular weight is 468 g/mol. The fourth-order valence-electron chi connectivity index (χ4n) is 3.34. The predicted molar refractivity (Wildman–Crippen MR) is 127 cm³/mol. The number of furan rings is 1. The SMILES string of the molecule is Cc1cc(C)cc(CN=C2NC(=O)/C(=C/c3ccc(-c4cc([N+](=O)[O-])ccc4Cl)o3)S2)c1. The van der Waals surface area contributed by atoms with Gasteiger partial charge in [0.1, 0.15) is 11.5 Å². The van der Waals surface area contributed by atoms with E-state index in [-0.39, 0.29) is 11.6 Å². The number of rotatable bonds is 5. The van der Waals surface area contributed by atoms with E-state index in [0.29, 0.717) is 38.7 Å². The lowest BCUT2D eigenvalue weighted by atomic mass is 10.1. The summed E-state index contributed by atoms with van der Waals surface area (Å²) in [5, 5.41) is 14.7. The van der Waals surface area contributed by atoms with Gasteiger partial charge in [0.25, 0.3) is 11.6 Å². The van der Waals surface area contributed by atoms with Crippen LogP contribution in [0.1, 0.15) is 22.5 Å². The third-order valence-corrected chi connectivity index (χ3v) is 5.94. The van der Waals surface area contributed by atoms with Crippen LogP contribution in [-0.4, -0.2) is 16.0 Å². The number of hydrogen-bond donors (Lipinski definition) is 1. The van der Waals surface area contributed by atoms with Gasteiger partial charge in [-0.3, -0.25) is 19.9 Å². The summed E-state index contributed by atoms with van der Waals surface area (Å²) in [7, 11) is 0. The van der Waals surface area contributed by atoms with Crippen LogP contribution in [0, 0.1) is 24.0 Å². The molecule has 1 aliphatic heterocycles. The van der Waals surface area contributed by atoms with Crippen LogP contribution in [0.5, 0.6) is 0 Å². The summed E-state index contributed by atoms with van der Waals surface area (Å²) in [6.45, 7) is 4.54.